The number of carbonyl (C=O) groups is 1. The molecule has 17 heavy (non-hydrogen) atoms. The van der Waals surface area contributed by atoms with Gasteiger partial charge in [-0.25, -0.2) is 4.79 Å². The Hall–Kier alpha value is -0.770. The van der Waals surface area contributed by atoms with Crippen LogP contribution in [0.15, 0.2) is 0 Å². The van der Waals surface area contributed by atoms with Crippen LogP contribution >= 0.6 is 0 Å². The molecule has 0 aromatic rings. The number of hydrogen-bond donors (Lipinski definition) is 1. The smallest absolute Gasteiger partial charge is 0.410 e. The molecule has 1 saturated carbocycles. The van der Waals surface area contributed by atoms with Crippen molar-refractivity contribution in [3.8, 4) is 0 Å². The Morgan fingerprint density at radius 1 is 1.47 bits per heavy atom. The normalized spacial score (nSPS) is 17.7. The van der Waals surface area contributed by atoms with Crippen LogP contribution in [0.5, 0.6) is 0 Å². The minimum atomic E-state index is -0.422. The fraction of sp³-hybridized carbons (Fsp3) is 0.923. The summed E-state index contributed by atoms with van der Waals surface area (Å²) in [6, 6.07) is 0.852. The molecule has 4 nitrogen and oxygen atoms in total. The lowest BCUT2D eigenvalue weighted by Crippen LogP contribution is -2.46. The summed E-state index contributed by atoms with van der Waals surface area (Å²) in [5.74, 6) is 0. The maximum Gasteiger partial charge on any atom is 0.410 e. The first kappa shape index (κ1) is 14.3. The van der Waals surface area contributed by atoms with Gasteiger partial charge in [0.1, 0.15) is 5.60 Å². The lowest BCUT2D eigenvalue weighted by Gasteiger charge is -2.31. The van der Waals surface area contributed by atoms with Crippen molar-refractivity contribution in [3.63, 3.8) is 0 Å². The summed E-state index contributed by atoms with van der Waals surface area (Å²) in [5.41, 5.74) is -0.422. The molecule has 4 heteroatoms. The largest absolute Gasteiger partial charge is 0.444 e. The number of nitrogens with one attached hydrogen (secondary N) is 1. The number of nitrogens with zero attached hydrogens (tertiary/aromatic N) is 1. The Morgan fingerprint density at radius 3 is 2.47 bits per heavy atom. The van der Waals surface area contributed by atoms with Crippen molar-refractivity contribution < 1.29 is 9.53 Å². The second-order valence-electron chi connectivity index (χ2n) is 5.80. The summed E-state index contributed by atoms with van der Waals surface area (Å²) < 4.78 is 5.39. The minimum Gasteiger partial charge on any atom is -0.444 e. The van der Waals surface area contributed by atoms with E-state index in [-0.39, 0.29) is 12.1 Å². The fourth-order valence-electron chi connectivity index (χ4n) is 1.68. The van der Waals surface area contributed by atoms with E-state index >= 15 is 0 Å². The zero-order chi connectivity index (χ0) is 13.1. The Bertz CT molecular complexity index is 257. The molecule has 1 aliphatic carbocycles. The van der Waals surface area contributed by atoms with Crippen molar-refractivity contribution in [2.24, 2.45) is 0 Å². The number of likely N-dealkylation sites (N-methyl/N-ethyl adjacent to an activating group) is 1. The molecule has 1 aliphatic rings. The van der Waals surface area contributed by atoms with Crippen LogP contribution in [0.4, 0.5) is 4.79 Å². The monoisotopic (exact) mass is 242 g/mol. The zero-order valence-corrected chi connectivity index (χ0v) is 11.7. The lowest BCUT2D eigenvalue weighted by molar-refractivity contribution is 0.0188. The summed E-state index contributed by atoms with van der Waals surface area (Å²) in [4.78, 5) is 13.7. The van der Waals surface area contributed by atoms with Gasteiger partial charge in [-0.05, 0) is 47.5 Å². The summed E-state index contributed by atoms with van der Waals surface area (Å²) in [6.07, 6.45) is 2.32. The first-order valence-electron chi connectivity index (χ1n) is 6.56. The van der Waals surface area contributed by atoms with E-state index in [0.717, 1.165) is 6.54 Å². The van der Waals surface area contributed by atoms with Gasteiger partial charge in [-0.1, -0.05) is 0 Å². The van der Waals surface area contributed by atoms with E-state index in [1.807, 2.05) is 27.7 Å². The fourth-order valence-corrected chi connectivity index (χ4v) is 1.68. The molecule has 0 unspecified atom stereocenters. The van der Waals surface area contributed by atoms with E-state index in [9.17, 15) is 4.79 Å². The molecule has 1 rings (SSSR count). The van der Waals surface area contributed by atoms with Gasteiger partial charge < -0.3 is 15.0 Å². The van der Waals surface area contributed by atoms with E-state index in [2.05, 4.69) is 12.2 Å². The molecule has 1 amide bonds. The molecule has 1 N–H and O–H groups in total. The van der Waals surface area contributed by atoms with Gasteiger partial charge in [0.2, 0.25) is 0 Å². The van der Waals surface area contributed by atoms with Crippen LogP contribution in [0, 0.1) is 0 Å². The van der Waals surface area contributed by atoms with Crippen molar-refractivity contribution >= 4 is 6.09 Å². The van der Waals surface area contributed by atoms with Gasteiger partial charge in [0.25, 0.3) is 0 Å². The van der Waals surface area contributed by atoms with Crippen molar-refractivity contribution in [2.45, 2.75) is 65.1 Å². The van der Waals surface area contributed by atoms with Gasteiger partial charge in [-0.2, -0.15) is 0 Å². The predicted molar refractivity (Wildman–Crippen MR) is 69.1 cm³/mol. The Kier molecular flexibility index (Phi) is 4.80. The molecule has 0 spiro atoms. The SMILES string of the molecule is CCN(C(=O)OC(C)(C)C)[C@H](C)CNC1CC1. The second kappa shape index (κ2) is 5.71. The highest BCUT2D eigenvalue weighted by Crippen LogP contribution is 2.19. The third-order valence-corrected chi connectivity index (χ3v) is 2.78. The summed E-state index contributed by atoms with van der Waals surface area (Å²) in [7, 11) is 0. The van der Waals surface area contributed by atoms with Crippen LogP contribution in [0.1, 0.15) is 47.5 Å². The molecule has 1 fully saturated rings. The molecule has 0 aromatic carbocycles. The van der Waals surface area contributed by atoms with Crippen molar-refractivity contribution in [1.82, 2.24) is 10.2 Å². The highest BCUT2D eigenvalue weighted by atomic mass is 16.6. The molecule has 0 radical (unpaired) electrons. The van der Waals surface area contributed by atoms with Crippen LogP contribution in [-0.4, -0.2) is 41.8 Å². The molecule has 100 valence electrons. The lowest BCUT2D eigenvalue weighted by atomic mass is 10.2. The Labute approximate surface area is 105 Å². The van der Waals surface area contributed by atoms with Crippen molar-refractivity contribution in [3.05, 3.63) is 0 Å². The van der Waals surface area contributed by atoms with E-state index < -0.39 is 5.60 Å². The van der Waals surface area contributed by atoms with Crippen LogP contribution in [0.3, 0.4) is 0 Å². The number of amides is 1. The number of hydrogen-bond acceptors (Lipinski definition) is 3. The third-order valence-electron chi connectivity index (χ3n) is 2.78. The molecule has 0 aromatic heterocycles. The third kappa shape index (κ3) is 5.39. The molecule has 0 saturated heterocycles. The number of ether oxygens (including phenoxy) is 1. The standard InChI is InChI=1S/C13H26N2O2/c1-6-15(12(16)17-13(3,4)5)10(2)9-14-11-7-8-11/h10-11,14H,6-9H2,1-5H3/t10-/m1/s1. The maximum atomic E-state index is 12.0. The molecular formula is C13H26N2O2. The van der Waals surface area contributed by atoms with Gasteiger partial charge in [0, 0.05) is 25.2 Å². The number of carbonyl (C=O) groups excluding carboxylic acids is 1. The Morgan fingerprint density at radius 2 is 2.06 bits per heavy atom. The summed E-state index contributed by atoms with van der Waals surface area (Å²) >= 11 is 0. The van der Waals surface area contributed by atoms with Gasteiger partial charge in [-0.3, -0.25) is 0 Å². The number of rotatable bonds is 5. The van der Waals surface area contributed by atoms with Crippen molar-refractivity contribution in [1.29, 1.82) is 0 Å². The van der Waals surface area contributed by atoms with Gasteiger partial charge in [0.15, 0.2) is 0 Å². The molecule has 0 bridgehead atoms. The summed E-state index contributed by atoms with van der Waals surface area (Å²) in [5, 5.41) is 3.44. The highest BCUT2D eigenvalue weighted by Gasteiger charge is 2.26. The Balaban J connectivity index is 2.41. The first-order valence-corrected chi connectivity index (χ1v) is 6.56. The second-order valence-corrected chi connectivity index (χ2v) is 5.80. The van der Waals surface area contributed by atoms with Gasteiger partial charge in [-0.15, -0.1) is 0 Å². The molecule has 0 aliphatic heterocycles. The van der Waals surface area contributed by atoms with Gasteiger partial charge in [0.05, 0.1) is 0 Å². The van der Waals surface area contributed by atoms with Crippen molar-refractivity contribution in [2.75, 3.05) is 13.1 Å². The molecule has 1 atom stereocenters. The molecular weight excluding hydrogens is 216 g/mol. The minimum absolute atomic E-state index is 0.176. The maximum absolute atomic E-state index is 12.0. The van der Waals surface area contributed by atoms with Crippen LogP contribution in [-0.2, 0) is 4.74 Å². The topological polar surface area (TPSA) is 41.6 Å². The summed E-state index contributed by atoms with van der Waals surface area (Å²) in [6.45, 7) is 11.3. The average molecular weight is 242 g/mol. The van der Waals surface area contributed by atoms with Gasteiger partial charge >= 0.3 is 6.09 Å². The van der Waals surface area contributed by atoms with Crippen LogP contribution < -0.4 is 5.32 Å². The zero-order valence-electron chi connectivity index (χ0n) is 11.7. The average Bonchev–Trinajstić information content (AvgIpc) is 2.96. The molecule has 0 heterocycles. The van der Waals surface area contributed by atoms with E-state index in [1.165, 1.54) is 12.8 Å². The highest BCUT2D eigenvalue weighted by molar-refractivity contribution is 5.68. The van der Waals surface area contributed by atoms with E-state index in [0.29, 0.717) is 12.6 Å². The van der Waals surface area contributed by atoms with E-state index in [1.54, 1.807) is 4.90 Å². The first-order chi connectivity index (χ1) is 7.83. The van der Waals surface area contributed by atoms with Crippen LogP contribution in [0.25, 0.3) is 0 Å². The quantitative estimate of drug-likeness (QED) is 0.805. The van der Waals surface area contributed by atoms with E-state index in [4.69, 9.17) is 4.74 Å². The van der Waals surface area contributed by atoms with Crippen LogP contribution in [0.2, 0.25) is 0 Å². The predicted octanol–water partition coefficient (Wildman–Crippen LogP) is 2.38.